The van der Waals surface area contributed by atoms with Crippen molar-refractivity contribution in [2.45, 2.75) is 19.0 Å². The molecule has 2 N–H and O–H groups in total. The minimum absolute atomic E-state index is 0.00494. The summed E-state index contributed by atoms with van der Waals surface area (Å²) in [6.07, 6.45) is 1.52. The van der Waals surface area contributed by atoms with Crippen LogP contribution in [-0.2, 0) is 4.74 Å². The lowest BCUT2D eigenvalue weighted by Crippen LogP contribution is -2.21. The van der Waals surface area contributed by atoms with Crippen LogP contribution in [0.3, 0.4) is 0 Å². The monoisotopic (exact) mass is 375 g/mol. The highest BCUT2D eigenvalue weighted by Crippen LogP contribution is 2.22. The predicted octanol–water partition coefficient (Wildman–Crippen LogP) is 0.992. The van der Waals surface area contributed by atoms with Gasteiger partial charge in [-0.05, 0) is 19.9 Å². The molecule has 0 bridgehead atoms. The smallest absolute Gasteiger partial charge is 0.340 e. The van der Waals surface area contributed by atoms with Crippen LogP contribution >= 0.6 is 11.8 Å². The molecule has 3 aromatic heterocycles. The van der Waals surface area contributed by atoms with Crippen molar-refractivity contribution in [2.75, 3.05) is 19.5 Å². The van der Waals surface area contributed by atoms with Crippen LogP contribution in [0, 0.1) is 13.8 Å². The molecular formula is C16H17N5O4S. The average Bonchev–Trinajstić information content (AvgIpc) is 3.08. The Labute approximate surface area is 152 Å². The van der Waals surface area contributed by atoms with Gasteiger partial charge >= 0.3 is 5.97 Å². The normalized spacial score (nSPS) is 11.1. The number of carbonyl (C=O) groups excluding carboxylic acids is 1. The molecule has 10 heteroatoms. The van der Waals surface area contributed by atoms with Crippen molar-refractivity contribution in [3.05, 3.63) is 39.6 Å². The summed E-state index contributed by atoms with van der Waals surface area (Å²) < 4.78 is 6.13. The van der Waals surface area contributed by atoms with Crippen LogP contribution < -0.4 is 5.56 Å². The van der Waals surface area contributed by atoms with Gasteiger partial charge in [-0.2, -0.15) is 4.98 Å². The number of aromatic amines is 1. The number of pyridine rings is 2. The second kappa shape index (κ2) is 7.26. The maximum Gasteiger partial charge on any atom is 0.340 e. The number of rotatable bonds is 5. The quantitative estimate of drug-likeness (QED) is 0.500. The fraction of sp³-hybridized carbons (Fsp3) is 0.312. The van der Waals surface area contributed by atoms with Gasteiger partial charge in [0.1, 0.15) is 0 Å². The van der Waals surface area contributed by atoms with E-state index in [4.69, 9.17) is 9.84 Å². The Morgan fingerprint density at radius 2 is 2.12 bits per heavy atom. The summed E-state index contributed by atoms with van der Waals surface area (Å²) in [5.74, 6) is 0.158. The second-order valence-corrected chi connectivity index (χ2v) is 6.50. The first-order valence-electron chi connectivity index (χ1n) is 7.75. The van der Waals surface area contributed by atoms with Crippen LogP contribution in [0.25, 0.3) is 16.7 Å². The average molecular weight is 375 g/mol. The number of aliphatic hydroxyl groups excluding tert-OH is 1. The largest absolute Gasteiger partial charge is 0.465 e. The summed E-state index contributed by atoms with van der Waals surface area (Å²) in [5.41, 5.74) is 0.918. The number of nitrogens with zero attached hydrogens (tertiary/aromatic N) is 4. The maximum absolute atomic E-state index is 13.0. The standard InChI is InChI=1S/C16H17N5O4S/c1-8-11-10(12(9(2)17-8)14(24)25-3)4-5-21(13(11)23)15-18-16(20-19-15)26-7-6-22/h4-5,22H,6-7H2,1-3H3,(H,18,19,20). The number of fused-ring (bicyclic) bond motifs is 1. The number of thioether (sulfide) groups is 1. The second-order valence-electron chi connectivity index (χ2n) is 5.44. The lowest BCUT2D eigenvalue weighted by atomic mass is 10.0. The molecule has 136 valence electrons. The molecule has 0 aliphatic rings. The molecule has 3 heterocycles. The van der Waals surface area contributed by atoms with Crippen LogP contribution in [0.1, 0.15) is 21.7 Å². The Morgan fingerprint density at radius 3 is 2.81 bits per heavy atom. The Bertz CT molecular complexity index is 1040. The zero-order valence-corrected chi connectivity index (χ0v) is 15.3. The number of nitrogens with one attached hydrogen (secondary N) is 1. The van der Waals surface area contributed by atoms with Crippen molar-refractivity contribution in [3.8, 4) is 5.95 Å². The van der Waals surface area contributed by atoms with Crippen molar-refractivity contribution in [2.24, 2.45) is 0 Å². The van der Waals surface area contributed by atoms with Crippen LogP contribution in [0.4, 0.5) is 0 Å². The zero-order chi connectivity index (χ0) is 18.8. The molecule has 0 radical (unpaired) electrons. The molecule has 0 amide bonds. The molecule has 26 heavy (non-hydrogen) atoms. The third-order valence-corrected chi connectivity index (χ3v) is 4.64. The van der Waals surface area contributed by atoms with E-state index in [1.54, 1.807) is 19.9 Å². The molecule has 0 saturated carbocycles. The van der Waals surface area contributed by atoms with Crippen LogP contribution in [-0.4, -0.2) is 55.3 Å². The van der Waals surface area contributed by atoms with Gasteiger partial charge in [0.15, 0.2) is 0 Å². The van der Waals surface area contributed by atoms with E-state index in [2.05, 4.69) is 20.2 Å². The molecule has 0 aliphatic carbocycles. The lowest BCUT2D eigenvalue weighted by molar-refractivity contribution is 0.0601. The molecule has 3 rings (SSSR count). The van der Waals surface area contributed by atoms with E-state index in [9.17, 15) is 9.59 Å². The Hall–Kier alpha value is -2.72. The first kappa shape index (κ1) is 18.1. The lowest BCUT2D eigenvalue weighted by Gasteiger charge is -2.11. The molecule has 0 aliphatic heterocycles. The first-order valence-corrected chi connectivity index (χ1v) is 8.73. The summed E-state index contributed by atoms with van der Waals surface area (Å²) in [4.78, 5) is 33.7. The fourth-order valence-electron chi connectivity index (χ4n) is 2.73. The molecule has 3 aromatic rings. The van der Waals surface area contributed by atoms with Crippen molar-refractivity contribution in [1.82, 2.24) is 24.7 Å². The minimum Gasteiger partial charge on any atom is -0.465 e. The van der Waals surface area contributed by atoms with E-state index < -0.39 is 5.97 Å². The number of aliphatic hydroxyl groups is 1. The van der Waals surface area contributed by atoms with Crippen LogP contribution in [0.5, 0.6) is 0 Å². The predicted molar refractivity (Wildman–Crippen MR) is 95.9 cm³/mol. The summed E-state index contributed by atoms with van der Waals surface area (Å²) in [5, 5.41) is 16.8. The summed E-state index contributed by atoms with van der Waals surface area (Å²) in [7, 11) is 1.29. The highest BCUT2D eigenvalue weighted by atomic mass is 32.2. The minimum atomic E-state index is -0.542. The SMILES string of the molecule is COC(=O)c1c(C)nc(C)c2c(=O)n(-c3nc(SCCO)n[nH]3)ccc12. The van der Waals surface area contributed by atoms with Gasteiger partial charge < -0.3 is 9.84 Å². The molecular weight excluding hydrogens is 358 g/mol. The molecule has 0 saturated heterocycles. The highest BCUT2D eigenvalue weighted by molar-refractivity contribution is 7.99. The van der Waals surface area contributed by atoms with E-state index in [-0.39, 0.29) is 23.7 Å². The summed E-state index contributed by atoms with van der Waals surface area (Å²) in [6, 6.07) is 1.66. The topological polar surface area (TPSA) is 123 Å². The zero-order valence-electron chi connectivity index (χ0n) is 14.4. The van der Waals surface area contributed by atoms with Gasteiger partial charge in [-0.15, -0.1) is 5.10 Å². The molecule has 0 atom stereocenters. The third-order valence-electron chi connectivity index (χ3n) is 3.81. The van der Waals surface area contributed by atoms with Crippen molar-refractivity contribution in [3.63, 3.8) is 0 Å². The van der Waals surface area contributed by atoms with Gasteiger partial charge in [-0.3, -0.25) is 14.3 Å². The molecule has 0 fully saturated rings. The molecule has 0 unspecified atom stereocenters. The number of aromatic nitrogens is 5. The third kappa shape index (κ3) is 3.08. The summed E-state index contributed by atoms with van der Waals surface area (Å²) >= 11 is 1.27. The fourth-order valence-corrected chi connectivity index (χ4v) is 3.26. The summed E-state index contributed by atoms with van der Waals surface area (Å²) in [6.45, 7) is 3.42. The molecule has 0 aromatic carbocycles. The number of carbonyl (C=O) groups is 1. The Balaban J connectivity index is 2.19. The molecule has 9 nitrogen and oxygen atoms in total. The number of H-pyrrole nitrogens is 1. The number of aryl methyl sites for hydroxylation is 2. The first-order chi connectivity index (χ1) is 12.5. The van der Waals surface area contributed by atoms with E-state index in [1.807, 2.05) is 0 Å². The van der Waals surface area contributed by atoms with Gasteiger partial charge in [0.05, 0.1) is 36.1 Å². The number of hydrogen-bond donors (Lipinski definition) is 2. The van der Waals surface area contributed by atoms with Crippen molar-refractivity contribution >= 4 is 28.5 Å². The van der Waals surface area contributed by atoms with Gasteiger partial charge in [-0.1, -0.05) is 11.8 Å². The Kier molecular flexibility index (Phi) is 5.05. The van der Waals surface area contributed by atoms with Gasteiger partial charge in [-0.25, -0.2) is 9.89 Å². The van der Waals surface area contributed by atoms with Crippen molar-refractivity contribution in [1.29, 1.82) is 0 Å². The Morgan fingerprint density at radius 1 is 1.35 bits per heavy atom. The van der Waals surface area contributed by atoms with Gasteiger partial charge in [0.2, 0.25) is 11.1 Å². The number of esters is 1. The van der Waals surface area contributed by atoms with Crippen LogP contribution in [0.15, 0.2) is 22.2 Å². The number of hydrogen-bond acceptors (Lipinski definition) is 8. The molecule has 0 spiro atoms. The van der Waals surface area contributed by atoms with E-state index in [1.165, 1.54) is 29.6 Å². The van der Waals surface area contributed by atoms with Crippen molar-refractivity contribution < 1.29 is 14.6 Å². The van der Waals surface area contributed by atoms with E-state index in [0.29, 0.717) is 33.1 Å². The van der Waals surface area contributed by atoms with Crippen LogP contribution in [0.2, 0.25) is 0 Å². The number of ether oxygens (including phenoxy) is 1. The van der Waals surface area contributed by atoms with E-state index in [0.717, 1.165) is 0 Å². The highest BCUT2D eigenvalue weighted by Gasteiger charge is 2.20. The van der Waals surface area contributed by atoms with Gasteiger partial charge in [0.25, 0.3) is 5.56 Å². The number of methoxy groups -OCH3 is 1. The van der Waals surface area contributed by atoms with Gasteiger partial charge in [0, 0.05) is 17.3 Å². The maximum atomic E-state index is 13.0. The van der Waals surface area contributed by atoms with E-state index >= 15 is 0 Å².